The van der Waals surface area contributed by atoms with Crippen LogP contribution < -0.4 is 16.0 Å². The number of urea groups is 1. The van der Waals surface area contributed by atoms with E-state index >= 15 is 0 Å². The molecule has 0 unspecified atom stereocenters. The van der Waals surface area contributed by atoms with Gasteiger partial charge in [-0.05, 0) is 25.0 Å². The first-order valence-electron chi connectivity index (χ1n) is 7.10. The molecular formula is C15H23N3O3. The molecule has 0 saturated heterocycles. The first-order chi connectivity index (χ1) is 10.2. The van der Waals surface area contributed by atoms with Crippen molar-refractivity contribution < 1.29 is 14.3 Å². The van der Waals surface area contributed by atoms with Crippen LogP contribution in [0.5, 0.6) is 0 Å². The van der Waals surface area contributed by atoms with E-state index in [9.17, 15) is 9.59 Å². The van der Waals surface area contributed by atoms with E-state index in [1.807, 2.05) is 6.92 Å². The summed E-state index contributed by atoms with van der Waals surface area (Å²) in [5, 5.41) is 8.20. The zero-order valence-electron chi connectivity index (χ0n) is 12.6. The van der Waals surface area contributed by atoms with Gasteiger partial charge in [0.2, 0.25) is 0 Å². The van der Waals surface area contributed by atoms with Gasteiger partial charge in [0.1, 0.15) is 0 Å². The minimum Gasteiger partial charge on any atom is -0.385 e. The van der Waals surface area contributed by atoms with Crippen LogP contribution in [0, 0.1) is 0 Å². The zero-order chi connectivity index (χ0) is 15.5. The number of methoxy groups -OCH3 is 1. The fourth-order valence-corrected chi connectivity index (χ4v) is 1.71. The molecule has 0 aliphatic rings. The Balaban J connectivity index is 2.61. The topological polar surface area (TPSA) is 79.5 Å². The normalized spacial score (nSPS) is 10.0. The van der Waals surface area contributed by atoms with Crippen molar-refractivity contribution in [1.82, 2.24) is 10.6 Å². The molecular weight excluding hydrogens is 270 g/mol. The SMILES string of the molecule is CCCNC(=O)Nc1ccccc1C(=O)NCCCOC. The van der Waals surface area contributed by atoms with E-state index < -0.39 is 0 Å². The Morgan fingerprint density at radius 3 is 2.62 bits per heavy atom. The molecule has 0 spiro atoms. The van der Waals surface area contributed by atoms with E-state index in [1.54, 1.807) is 31.4 Å². The Morgan fingerprint density at radius 2 is 1.90 bits per heavy atom. The van der Waals surface area contributed by atoms with Crippen LogP contribution in [0.15, 0.2) is 24.3 Å². The van der Waals surface area contributed by atoms with Crippen molar-refractivity contribution in [2.75, 3.05) is 32.1 Å². The maximum atomic E-state index is 12.1. The van der Waals surface area contributed by atoms with Crippen molar-refractivity contribution in [3.05, 3.63) is 29.8 Å². The highest BCUT2D eigenvalue weighted by Crippen LogP contribution is 2.14. The fraction of sp³-hybridized carbons (Fsp3) is 0.467. The molecule has 3 N–H and O–H groups in total. The first-order valence-corrected chi connectivity index (χ1v) is 7.10. The summed E-state index contributed by atoms with van der Waals surface area (Å²) in [6.07, 6.45) is 1.60. The zero-order valence-corrected chi connectivity index (χ0v) is 12.6. The lowest BCUT2D eigenvalue weighted by molar-refractivity contribution is 0.0949. The molecule has 3 amide bonds. The quantitative estimate of drug-likeness (QED) is 0.641. The van der Waals surface area contributed by atoms with Crippen molar-refractivity contribution >= 4 is 17.6 Å². The number of ether oxygens (including phenoxy) is 1. The fourth-order valence-electron chi connectivity index (χ4n) is 1.71. The summed E-state index contributed by atoms with van der Waals surface area (Å²) in [6.45, 7) is 3.70. The Morgan fingerprint density at radius 1 is 1.14 bits per heavy atom. The van der Waals surface area contributed by atoms with Gasteiger partial charge in [-0.3, -0.25) is 4.79 Å². The number of rotatable bonds is 8. The van der Waals surface area contributed by atoms with E-state index in [0.29, 0.717) is 30.9 Å². The maximum absolute atomic E-state index is 12.1. The highest BCUT2D eigenvalue weighted by molar-refractivity contribution is 6.03. The molecule has 0 aliphatic heterocycles. The Labute approximate surface area is 125 Å². The van der Waals surface area contributed by atoms with Crippen LogP contribution >= 0.6 is 0 Å². The summed E-state index contributed by atoms with van der Waals surface area (Å²) in [4.78, 5) is 23.8. The molecule has 6 nitrogen and oxygen atoms in total. The van der Waals surface area contributed by atoms with Crippen molar-refractivity contribution in [1.29, 1.82) is 0 Å². The van der Waals surface area contributed by atoms with Gasteiger partial charge >= 0.3 is 6.03 Å². The van der Waals surface area contributed by atoms with Crippen molar-refractivity contribution in [3.63, 3.8) is 0 Å². The lowest BCUT2D eigenvalue weighted by Gasteiger charge is -2.12. The predicted molar refractivity (Wildman–Crippen MR) is 82.6 cm³/mol. The van der Waals surface area contributed by atoms with Gasteiger partial charge in [0.25, 0.3) is 5.91 Å². The third-order valence-electron chi connectivity index (χ3n) is 2.77. The van der Waals surface area contributed by atoms with E-state index in [-0.39, 0.29) is 11.9 Å². The molecule has 1 aromatic rings. The number of hydrogen-bond donors (Lipinski definition) is 3. The van der Waals surface area contributed by atoms with Crippen LogP contribution in [0.2, 0.25) is 0 Å². The Hall–Kier alpha value is -2.08. The average molecular weight is 293 g/mol. The van der Waals surface area contributed by atoms with Crippen molar-refractivity contribution in [2.24, 2.45) is 0 Å². The Kier molecular flexibility index (Phi) is 7.89. The number of amides is 3. The number of nitrogens with one attached hydrogen (secondary N) is 3. The lowest BCUT2D eigenvalue weighted by atomic mass is 10.1. The summed E-state index contributed by atoms with van der Waals surface area (Å²) >= 11 is 0. The number of hydrogen-bond acceptors (Lipinski definition) is 3. The van der Waals surface area contributed by atoms with Gasteiger partial charge in [-0.1, -0.05) is 19.1 Å². The van der Waals surface area contributed by atoms with Crippen LogP contribution in [-0.4, -0.2) is 38.7 Å². The number of carbonyl (C=O) groups is 2. The van der Waals surface area contributed by atoms with Gasteiger partial charge in [0.05, 0.1) is 11.3 Å². The second kappa shape index (κ2) is 9.77. The molecule has 0 aromatic heterocycles. The van der Waals surface area contributed by atoms with E-state index in [4.69, 9.17) is 4.74 Å². The minimum absolute atomic E-state index is 0.211. The number of anilines is 1. The number of para-hydroxylation sites is 1. The molecule has 21 heavy (non-hydrogen) atoms. The van der Waals surface area contributed by atoms with E-state index in [2.05, 4.69) is 16.0 Å². The van der Waals surface area contributed by atoms with Gasteiger partial charge in [-0.25, -0.2) is 4.79 Å². The van der Waals surface area contributed by atoms with Crippen molar-refractivity contribution in [3.8, 4) is 0 Å². The van der Waals surface area contributed by atoms with Gasteiger partial charge in [0.15, 0.2) is 0 Å². The molecule has 0 atom stereocenters. The van der Waals surface area contributed by atoms with Gasteiger partial charge < -0.3 is 20.7 Å². The first kappa shape index (κ1) is 17.0. The van der Waals surface area contributed by atoms with Crippen LogP contribution in [0.1, 0.15) is 30.1 Å². The maximum Gasteiger partial charge on any atom is 0.319 e. The van der Waals surface area contributed by atoms with Gasteiger partial charge in [0, 0.05) is 26.8 Å². The number of benzene rings is 1. The smallest absolute Gasteiger partial charge is 0.319 e. The van der Waals surface area contributed by atoms with Crippen LogP contribution in [0.25, 0.3) is 0 Å². The molecule has 0 heterocycles. The van der Waals surface area contributed by atoms with E-state index in [0.717, 1.165) is 12.8 Å². The molecule has 0 saturated carbocycles. The summed E-state index contributed by atoms with van der Waals surface area (Å²) < 4.78 is 4.93. The second-order valence-corrected chi connectivity index (χ2v) is 4.53. The van der Waals surface area contributed by atoms with Gasteiger partial charge in [-0.2, -0.15) is 0 Å². The summed E-state index contributed by atoms with van der Waals surface area (Å²) in [5.74, 6) is -0.211. The molecule has 0 aliphatic carbocycles. The standard InChI is InChI=1S/C15H23N3O3/c1-3-9-17-15(20)18-13-8-5-4-7-12(13)14(19)16-10-6-11-21-2/h4-5,7-8H,3,6,9-11H2,1-2H3,(H,16,19)(H2,17,18,20). The molecule has 6 heteroatoms. The molecule has 1 aromatic carbocycles. The van der Waals surface area contributed by atoms with E-state index in [1.165, 1.54) is 0 Å². The molecule has 0 fully saturated rings. The van der Waals surface area contributed by atoms with Crippen LogP contribution in [0.3, 0.4) is 0 Å². The molecule has 1 rings (SSSR count). The lowest BCUT2D eigenvalue weighted by Crippen LogP contribution is -2.31. The minimum atomic E-state index is -0.309. The average Bonchev–Trinajstić information content (AvgIpc) is 2.50. The van der Waals surface area contributed by atoms with Crippen molar-refractivity contribution in [2.45, 2.75) is 19.8 Å². The largest absolute Gasteiger partial charge is 0.385 e. The predicted octanol–water partition coefficient (Wildman–Crippen LogP) is 1.98. The van der Waals surface area contributed by atoms with Gasteiger partial charge in [-0.15, -0.1) is 0 Å². The molecule has 116 valence electrons. The van der Waals surface area contributed by atoms with Crippen LogP contribution in [0.4, 0.5) is 10.5 Å². The van der Waals surface area contributed by atoms with Crippen LogP contribution in [-0.2, 0) is 4.74 Å². The third kappa shape index (κ3) is 6.27. The second-order valence-electron chi connectivity index (χ2n) is 4.53. The summed E-state index contributed by atoms with van der Waals surface area (Å²) in [5.41, 5.74) is 0.942. The highest BCUT2D eigenvalue weighted by atomic mass is 16.5. The molecule has 0 bridgehead atoms. The summed E-state index contributed by atoms with van der Waals surface area (Å²) in [6, 6.07) is 6.61. The summed E-state index contributed by atoms with van der Waals surface area (Å²) in [7, 11) is 1.62. The Bertz CT molecular complexity index is 463. The third-order valence-corrected chi connectivity index (χ3v) is 2.77. The monoisotopic (exact) mass is 293 g/mol. The highest BCUT2D eigenvalue weighted by Gasteiger charge is 2.12. The molecule has 0 radical (unpaired) electrons. The number of carbonyl (C=O) groups excluding carboxylic acids is 2.